The second kappa shape index (κ2) is 11.7. The lowest BCUT2D eigenvalue weighted by Gasteiger charge is -2.16. The van der Waals surface area contributed by atoms with Crippen molar-refractivity contribution in [1.29, 1.82) is 0 Å². The van der Waals surface area contributed by atoms with Crippen LogP contribution >= 0.6 is 0 Å². The molecule has 1 aromatic carbocycles. The first kappa shape index (κ1) is 24.5. The summed E-state index contributed by atoms with van der Waals surface area (Å²) in [5.74, 6) is 2.82. The summed E-state index contributed by atoms with van der Waals surface area (Å²) >= 11 is 0. The van der Waals surface area contributed by atoms with Gasteiger partial charge in [-0.15, -0.1) is 0 Å². The average molecular weight is 474 g/mol. The Morgan fingerprint density at radius 1 is 1.26 bits per heavy atom. The van der Waals surface area contributed by atoms with Gasteiger partial charge < -0.3 is 20.7 Å². The van der Waals surface area contributed by atoms with Crippen LogP contribution in [0.3, 0.4) is 0 Å². The van der Waals surface area contributed by atoms with Crippen molar-refractivity contribution in [3.05, 3.63) is 71.5 Å². The molecule has 0 radical (unpaired) electrons. The standard InChI is InChI=1S/C27H35N7O/c1-19-16-22(7-8-25(19)35-23(10-13-28-3)17-20(2)29-4)33-27-26-24(11-15-34(26)32-18-31-27)21-6-5-12-30-14-9-21/h7-8,10-11,13,15-18,21,29-30H,5-6,9,12,14H2,1-4H3,(H,31,32,33)/b20-17+,23-10+,28-13?. The number of ether oxygens (including phenoxy) is 1. The summed E-state index contributed by atoms with van der Waals surface area (Å²) in [6.45, 7) is 6.16. The van der Waals surface area contributed by atoms with E-state index in [4.69, 9.17) is 4.74 Å². The lowest BCUT2D eigenvalue weighted by atomic mass is 9.93. The summed E-state index contributed by atoms with van der Waals surface area (Å²) in [7, 11) is 3.62. The molecule has 8 nitrogen and oxygen atoms in total. The molecule has 0 spiro atoms. The molecule has 0 amide bonds. The quantitative estimate of drug-likeness (QED) is 0.249. The van der Waals surface area contributed by atoms with Crippen LogP contribution in [0, 0.1) is 6.92 Å². The van der Waals surface area contributed by atoms with E-state index in [2.05, 4.69) is 43.2 Å². The second-order valence-electron chi connectivity index (χ2n) is 8.81. The zero-order valence-electron chi connectivity index (χ0n) is 21.0. The summed E-state index contributed by atoms with van der Waals surface area (Å²) in [4.78, 5) is 8.64. The highest BCUT2D eigenvalue weighted by Crippen LogP contribution is 2.34. The summed E-state index contributed by atoms with van der Waals surface area (Å²) in [5.41, 5.74) is 5.33. The molecule has 184 valence electrons. The number of anilines is 2. The van der Waals surface area contributed by atoms with Gasteiger partial charge in [-0.25, -0.2) is 9.50 Å². The third-order valence-electron chi connectivity index (χ3n) is 6.31. The highest BCUT2D eigenvalue weighted by Gasteiger charge is 2.20. The molecule has 1 saturated heterocycles. The van der Waals surface area contributed by atoms with E-state index in [-0.39, 0.29) is 0 Å². The SMILES string of the molecule is CN=C/C=C(\C=C(/C)NC)Oc1ccc(Nc2ncnn3ccc(C4CCCNCC4)c23)cc1C. The number of hydrogen-bond acceptors (Lipinski definition) is 7. The van der Waals surface area contributed by atoms with Crippen LogP contribution in [-0.4, -0.2) is 48.0 Å². The van der Waals surface area contributed by atoms with Gasteiger partial charge in [0.15, 0.2) is 5.82 Å². The van der Waals surface area contributed by atoms with Crippen molar-refractivity contribution < 1.29 is 4.74 Å². The molecule has 3 N–H and O–H groups in total. The zero-order chi connectivity index (χ0) is 24.6. The molecule has 1 atom stereocenters. The molecule has 8 heteroatoms. The maximum atomic E-state index is 6.18. The number of rotatable bonds is 8. The minimum atomic E-state index is 0.505. The molecule has 1 unspecified atom stereocenters. The first-order valence-corrected chi connectivity index (χ1v) is 12.2. The van der Waals surface area contributed by atoms with Crippen LogP contribution in [0.4, 0.5) is 11.5 Å². The predicted molar refractivity (Wildman–Crippen MR) is 143 cm³/mol. The molecule has 1 aliphatic rings. The van der Waals surface area contributed by atoms with Gasteiger partial charge in [0.2, 0.25) is 0 Å². The van der Waals surface area contributed by atoms with Crippen LogP contribution in [0.2, 0.25) is 0 Å². The number of aryl methyl sites for hydroxylation is 1. The molecule has 35 heavy (non-hydrogen) atoms. The van der Waals surface area contributed by atoms with Crippen molar-refractivity contribution in [2.45, 2.75) is 39.0 Å². The van der Waals surface area contributed by atoms with Crippen LogP contribution in [0.15, 0.2) is 65.4 Å². The lowest BCUT2D eigenvalue weighted by Crippen LogP contribution is -2.13. The Labute approximate surface area is 207 Å². The Balaban J connectivity index is 1.59. The van der Waals surface area contributed by atoms with Crippen molar-refractivity contribution in [2.75, 3.05) is 32.5 Å². The van der Waals surface area contributed by atoms with E-state index < -0.39 is 0 Å². The number of benzene rings is 1. The van der Waals surface area contributed by atoms with Crippen LogP contribution in [-0.2, 0) is 0 Å². The van der Waals surface area contributed by atoms with Gasteiger partial charge in [-0.1, -0.05) is 0 Å². The highest BCUT2D eigenvalue weighted by atomic mass is 16.5. The summed E-state index contributed by atoms with van der Waals surface area (Å²) in [5, 5.41) is 14.6. The zero-order valence-corrected chi connectivity index (χ0v) is 21.0. The van der Waals surface area contributed by atoms with E-state index in [0.717, 1.165) is 53.5 Å². The fraction of sp³-hybridized carbons (Fsp3) is 0.370. The van der Waals surface area contributed by atoms with Crippen molar-refractivity contribution in [3.8, 4) is 5.75 Å². The fourth-order valence-electron chi connectivity index (χ4n) is 4.38. The summed E-state index contributed by atoms with van der Waals surface area (Å²) in [6, 6.07) is 8.26. The number of nitrogens with one attached hydrogen (secondary N) is 3. The minimum absolute atomic E-state index is 0.505. The number of fused-ring (bicyclic) bond motifs is 1. The molecule has 2 aromatic heterocycles. The van der Waals surface area contributed by atoms with E-state index in [1.54, 1.807) is 19.6 Å². The first-order chi connectivity index (χ1) is 17.1. The Morgan fingerprint density at radius 3 is 2.94 bits per heavy atom. The van der Waals surface area contributed by atoms with Gasteiger partial charge in [0.25, 0.3) is 0 Å². The maximum Gasteiger partial charge on any atom is 0.158 e. The molecule has 3 aromatic rings. The van der Waals surface area contributed by atoms with Crippen molar-refractivity contribution >= 4 is 23.2 Å². The summed E-state index contributed by atoms with van der Waals surface area (Å²) < 4.78 is 8.11. The predicted octanol–water partition coefficient (Wildman–Crippen LogP) is 4.72. The Morgan fingerprint density at radius 2 is 2.14 bits per heavy atom. The molecule has 0 saturated carbocycles. The van der Waals surface area contributed by atoms with Crippen molar-refractivity contribution in [1.82, 2.24) is 25.2 Å². The highest BCUT2D eigenvalue weighted by molar-refractivity contribution is 5.77. The van der Waals surface area contributed by atoms with E-state index in [0.29, 0.717) is 11.7 Å². The third kappa shape index (κ3) is 6.08. The van der Waals surface area contributed by atoms with Crippen LogP contribution < -0.4 is 20.7 Å². The molecule has 0 aliphatic carbocycles. The molecular formula is C27H35N7O. The second-order valence-corrected chi connectivity index (χ2v) is 8.81. The molecular weight excluding hydrogens is 438 g/mol. The van der Waals surface area contributed by atoms with Crippen LogP contribution in [0.5, 0.6) is 5.75 Å². The van der Waals surface area contributed by atoms with Crippen LogP contribution in [0.1, 0.15) is 43.2 Å². The average Bonchev–Trinajstić information content (AvgIpc) is 3.11. The van der Waals surface area contributed by atoms with Gasteiger partial charge in [0.05, 0.1) is 0 Å². The van der Waals surface area contributed by atoms with E-state index >= 15 is 0 Å². The number of aliphatic imine (C=N–C) groups is 1. The van der Waals surface area contributed by atoms with E-state index in [1.807, 2.05) is 55.9 Å². The molecule has 0 bridgehead atoms. The minimum Gasteiger partial charge on any atom is -0.457 e. The molecule has 3 heterocycles. The van der Waals surface area contributed by atoms with Gasteiger partial charge >= 0.3 is 0 Å². The normalized spacial score (nSPS) is 17.5. The Kier molecular flexibility index (Phi) is 8.15. The largest absolute Gasteiger partial charge is 0.457 e. The van der Waals surface area contributed by atoms with E-state index in [1.165, 1.54) is 18.4 Å². The van der Waals surface area contributed by atoms with Gasteiger partial charge in [-0.05, 0) is 99.7 Å². The van der Waals surface area contributed by atoms with Crippen LogP contribution in [0.25, 0.3) is 5.52 Å². The Hall–Kier alpha value is -3.65. The number of hydrogen-bond donors (Lipinski definition) is 3. The lowest BCUT2D eigenvalue weighted by molar-refractivity contribution is 0.441. The molecule has 1 fully saturated rings. The van der Waals surface area contributed by atoms with Crippen molar-refractivity contribution in [2.24, 2.45) is 4.99 Å². The monoisotopic (exact) mass is 473 g/mol. The number of aromatic nitrogens is 3. The van der Waals surface area contributed by atoms with E-state index in [9.17, 15) is 0 Å². The molecule has 1 aliphatic heterocycles. The van der Waals surface area contributed by atoms with Gasteiger partial charge in [0, 0.05) is 37.9 Å². The topological polar surface area (TPSA) is 87.9 Å². The Bertz CT molecular complexity index is 1230. The third-order valence-corrected chi connectivity index (χ3v) is 6.31. The van der Waals surface area contributed by atoms with Gasteiger partial charge in [0.1, 0.15) is 23.4 Å². The fourth-order valence-corrected chi connectivity index (χ4v) is 4.38. The summed E-state index contributed by atoms with van der Waals surface area (Å²) in [6.07, 6.45) is 12.6. The number of nitrogens with zero attached hydrogens (tertiary/aromatic N) is 4. The van der Waals surface area contributed by atoms with Crippen molar-refractivity contribution in [3.63, 3.8) is 0 Å². The smallest absolute Gasteiger partial charge is 0.158 e. The maximum absolute atomic E-state index is 6.18. The molecule has 4 rings (SSSR count). The number of allylic oxidation sites excluding steroid dienone is 3. The first-order valence-electron chi connectivity index (χ1n) is 12.2. The van der Waals surface area contributed by atoms with Gasteiger partial charge in [-0.2, -0.15) is 5.10 Å². The van der Waals surface area contributed by atoms with Gasteiger partial charge in [-0.3, -0.25) is 4.99 Å².